The number of rotatable bonds is 2. The number of nitrogens with one attached hydrogen (secondary N) is 1. The molecular formula is C6H7BrN2O3. The van der Waals surface area contributed by atoms with Gasteiger partial charge in [0.1, 0.15) is 4.83 Å². The number of carbonyl (C=O) groups excluding carboxylic acids is 3. The first-order chi connectivity index (χ1) is 5.52. The predicted molar refractivity (Wildman–Crippen MR) is 43.2 cm³/mol. The van der Waals surface area contributed by atoms with Crippen molar-refractivity contribution in [3.63, 3.8) is 0 Å². The molecule has 3 amide bonds. The van der Waals surface area contributed by atoms with Crippen molar-refractivity contribution >= 4 is 33.7 Å². The van der Waals surface area contributed by atoms with Crippen LogP contribution in [0.3, 0.4) is 0 Å². The Hall–Kier alpha value is -0.910. The summed E-state index contributed by atoms with van der Waals surface area (Å²) in [4.78, 5) is 31.5. The minimum atomic E-state index is -0.760. The number of imide groups is 1. The van der Waals surface area contributed by atoms with Crippen LogP contribution in [0, 0.1) is 5.92 Å². The summed E-state index contributed by atoms with van der Waals surface area (Å²) in [6.45, 7) is 0. The Morgan fingerprint density at radius 1 is 1.67 bits per heavy atom. The molecule has 0 aromatic heterocycles. The lowest BCUT2D eigenvalue weighted by Crippen LogP contribution is -2.34. The van der Waals surface area contributed by atoms with E-state index < -0.39 is 22.6 Å². The summed E-state index contributed by atoms with van der Waals surface area (Å²) in [5.41, 5.74) is 4.95. The van der Waals surface area contributed by atoms with Crippen LogP contribution in [0.5, 0.6) is 0 Å². The zero-order chi connectivity index (χ0) is 9.30. The molecule has 5 nitrogen and oxygen atoms in total. The molecule has 2 unspecified atom stereocenters. The van der Waals surface area contributed by atoms with Gasteiger partial charge in [0.05, 0.1) is 5.92 Å². The van der Waals surface area contributed by atoms with Gasteiger partial charge < -0.3 is 5.73 Å². The van der Waals surface area contributed by atoms with Crippen molar-refractivity contribution in [3.8, 4) is 0 Å². The molecule has 1 aliphatic heterocycles. The average molecular weight is 235 g/mol. The van der Waals surface area contributed by atoms with Gasteiger partial charge >= 0.3 is 0 Å². The summed E-state index contributed by atoms with van der Waals surface area (Å²) in [6, 6.07) is 0. The number of amides is 3. The first kappa shape index (κ1) is 9.18. The molecule has 0 bridgehead atoms. The molecule has 2 atom stereocenters. The SMILES string of the molecule is NC(=O)C(Br)C1CC(=O)NC1=O. The highest BCUT2D eigenvalue weighted by molar-refractivity contribution is 9.10. The number of nitrogens with two attached hydrogens (primary N) is 1. The monoisotopic (exact) mass is 234 g/mol. The van der Waals surface area contributed by atoms with E-state index in [1.165, 1.54) is 0 Å². The Bertz CT molecular complexity index is 253. The van der Waals surface area contributed by atoms with E-state index in [4.69, 9.17) is 5.73 Å². The van der Waals surface area contributed by atoms with Gasteiger partial charge in [0.25, 0.3) is 0 Å². The van der Waals surface area contributed by atoms with Gasteiger partial charge in [0.2, 0.25) is 17.7 Å². The third kappa shape index (κ3) is 1.63. The maximum atomic E-state index is 11.0. The Balaban J connectivity index is 2.70. The molecule has 1 rings (SSSR count). The summed E-state index contributed by atoms with van der Waals surface area (Å²) < 4.78 is 0. The summed E-state index contributed by atoms with van der Waals surface area (Å²) in [6.07, 6.45) is 0.0255. The van der Waals surface area contributed by atoms with Crippen LogP contribution in [-0.4, -0.2) is 22.5 Å². The van der Waals surface area contributed by atoms with E-state index >= 15 is 0 Å². The molecule has 0 spiro atoms. The average Bonchev–Trinajstić information content (AvgIpc) is 2.28. The number of hydrogen-bond donors (Lipinski definition) is 2. The highest BCUT2D eigenvalue weighted by Gasteiger charge is 2.38. The third-order valence-corrected chi connectivity index (χ3v) is 2.72. The molecule has 0 radical (unpaired) electrons. The van der Waals surface area contributed by atoms with E-state index in [1.54, 1.807) is 0 Å². The van der Waals surface area contributed by atoms with Crippen molar-refractivity contribution in [1.29, 1.82) is 0 Å². The van der Waals surface area contributed by atoms with Crippen molar-refractivity contribution in [2.24, 2.45) is 11.7 Å². The van der Waals surface area contributed by atoms with Crippen LogP contribution in [0.2, 0.25) is 0 Å². The normalized spacial score (nSPS) is 25.2. The van der Waals surface area contributed by atoms with Crippen LogP contribution >= 0.6 is 15.9 Å². The molecule has 0 aromatic rings. The van der Waals surface area contributed by atoms with Gasteiger partial charge in [-0.3, -0.25) is 19.7 Å². The van der Waals surface area contributed by atoms with E-state index in [1.807, 2.05) is 0 Å². The lowest BCUT2D eigenvalue weighted by molar-refractivity contribution is -0.127. The van der Waals surface area contributed by atoms with Gasteiger partial charge in [-0.1, -0.05) is 15.9 Å². The molecule has 1 saturated heterocycles. The minimum Gasteiger partial charge on any atom is -0.369 e. The van der Waals surface area contributed by atoms with Crippen molar-refractivity contribution in [2.45, 2.75) is 11.2 Å². The van der Waals surface area contributed by atoms with Gasteiger partial charge in [0, 0.05) is 6.42 Å². The molecule has 66 valence electrons. The first-order valence-electron chi connectivity index (χ1n) is 3.29. The predicted octanol–water partition coefficient (Wildman–Crippen LogP) is -1.10. The van der Waals surface area contributed by atoms with Crippen LogP contribution in [0.4, 0.5) is 0 Å². The Morgan fingerprint density at radius 2 is 2.25 bits per heavy atom. The van der Waals surface area contributed by atoms with Crippen LogP contribution in [0.1, 0.15) is 6.42 Å². The molecule has 3 N–H and O–H groups in total. The fourth-order valence-electron chi connectivity index (χ4n) is 1.01. The molecule has 1 heterocycles. The summed E-state index contributed by atoms with van der Waals surface area (Å²) in [7, 11) is 0. The van der Waals surface area contributed by atoms with Gasteiger partial charge in [-0.15, -0.1) is 0 Å². The molecule has 6 heteroatoms. The molecule has 1 fully saturated rings. The van der Waals surface area contributed by atoms with Crippen molar-refractivity contribution < 1.29 is 14.4 Å². The smallest absolute Gasteiger partial charge is 0.232 e. The lowest BCUT2D eigenvalue weighted by atomic mass is 10.0. The van der Waals surface area contributed by atoms with E-state index in [-0.39, 0.29) is 12.3 Å². The summed E-state index contributed by atoms with van der Waals surface area (Å²) in [5.74, 6) is -2.10. The summed E-state index contributed by atoms with van der Waals surface area (Å²) >= 11 is 2.95. The zero-order valence-corrected chi connectivity index (χ0v) is 7.63. The van der Waals surface area contributed by atoms with Crippen molar-refractivity contribution in [3.05, 3.63) is 0 Å². The Morgan fingerprint density at radius 3 is 2.58 bits per heavy atom. The molecule has 0 saturated carbocycles. The second kappa shape index (κ2) is 3.22. The maximum Gasteiger partial charge on any atom is 0.232 e. The van der Waals surface area contributed by atoms with Crippen molar-refractivity contribution in [2.75, 3.05) is 0 Å². The fourth-order valence-corrected chi connectivity index (χ4v) is 1.44. The molecule has 0 aromatic carbocycles. The van der Waals surface area contributed by atoms with E-state index in [2.05, 4.69) is 21.2 Å². The van der Waals surface area contributed by atoms with Crippen LogP contribution in [-0.2, 0) is 14.4 Å². The fraction of sp³-hybridized carbons (Fsp3) is 0.500. The van der Waals surface area contributed by atoms with E-state index in [0.29, 0.717) is 0 Å². The van der Waals surface area contributed by atoms with Crippen molar-refractivity contribution in [1.82, 2.24) is 5.32 Å². The van der Waals surface area contributed by atoms with Gasteiger partial charge in [-0.25, -0.2) is 0 Å². The Labute approximate surface area is 76.8 Å². The topological polar surface area (TPSA) is 89.3 Å². The second-order valence-corrected chi connectivity index (χ2v) is 3.51. The van der Waals surface area contributed by atoms with E-state index in [0.717, 1.165) is 0 Å². The third-order valence-electron chi connectivity index (χ3n) is 1.63. The minimum absolute atomic E-state index is 0.0255. The van der Waals surface area contributed by atoms with Crippen LogP contribution in [0.25, 0.3) is 0 Å². The first-order valence-corrected chi connectivity index (χ1v) is 4.21. The highest BCUT2D eigenvalue weighted by Crippen LogP contribution is 2.20. The maximum absolute atomic E-state index is 11.0. The molecule has 12 heavy (non-hydrogen) atoms. The number of primary amides is 1. The standard InChI is InChI=1S/C6H7BrN2O3/c7-4(5(8)11)2-1-3(10)9-6(2)12/h2,4H,1H2,(H2,8,11)(H,9,10,12). The highest BCUT2D eigenvalue weighted by atomic mass is 79.9. The van der Waals surface area contributed by atoms with Gasteiger partial charge in [0.15, 0.2) is 0 Å². The number of halogens is 1. The quantitative estimate of drug-likeness (QED) is 0.470. The van der Waals surface area contributed by atoms with Gasteiger partial charge in [-0.05, 0) is 0 Å². The van der Waals surface area contributed by atoms with Gasteiger partial charge in [-0.2, -0.15) is 0 Å². The van der Waals surface area contributed by atoms with Crippen LogP contribution in [0.15, 0.2) is 0 Å². The second-order valence-electron chi connectivity index (χ2n) is 2.53. The van der Waals surface area contributed by atoms with Crippen LogP contribution < -0.4 is 11.1 Å². The largest absolute Gasteiger partial charge is 0.369 e. The van der Waals surface area contributed by atoms with E-state index in [9.17, 15) is 14.4 Å². The molecule has 1 aliphatic rings. The molecular weight excluding hydrogens is 228 g/mol. The number of hydrogen-bond acceptors (Lipinski definition) is 3. The Kier molecular flexibility index (Phi) is 2.46. The summed E-state index contributed by atoms with van der Waals surface area (Å²) in [5, 5.41) is 2.09. The molecule has 0 aliphatic carbocycles. The number of carbonyl (C=O) groups is 3. The number of alkyl halides is 1. The lowest BCUT2D eigenvalue weighted by Gasteiger charge is -2.08. The zero-order valence-electron chi connectivity index (χ0n) is 6.04.